The number of nitriles is 1. The molecule has 0 atom stereocenters. The van der Waals surface area contributed by atoms with Gasteiger partial charge in [0.2, 0.25) is 0 Å². The minimum atomic E-state index is 0.274. The van der Waals surface area contributed by atoms with Crippen molar-refractivity contribution in [2.24, 2.45) is 0 Å². The van der Waals surface area contributed by atoms with Crippen LogP contribution in [-0.2, 0) is 6.61 Å². The number of methoxy groups -OCH3 is 1. The molecule has 0 heterocycles. The molecule has 2 rings (SSSR count). The first-order chi connectivity index (χ1) is 10.0. The van der Waals surface area contributed by atoms with Crippen molar-refractivity contribution in [3.63, 3.8) is 0 Å². The second-order valence-electron chi connectivity index (χ2n) is 4.13. The van der Waals surface area contributed by atoms with Crippen molar-refractivity contribution in [1.29, 1.82) is 5.26 Å². The zero-order valence-electron chi connectivity index (χ0n) is 11.0. The summed E-state index contributed by atoms with van der Waals surface area (Å²) in [6, 6.07) is 10.7. The molecule has 0 unspecified atom stereocenters. The summed E-state index contributed by atoms with van der Waals surface area (Å²) < 4.78 is 11.4. The van der Waals surface area contributed by atoms with E-state index in [9.17, 15) is 0 Å². The minimum Gasteiger partial charge on any atom is -0.495 e. The van der Waals surface area contributed by atoms with Crippen LogP contribution in [-0.4, -0.2) is 7.11 Å². The summed E-state index contributed by atoms with van der Waals surface area (Å²) in [6.07, 6.45) is 0. The molecule has 0 radical (unpaired) electrons. The molecule has 0 fully saturated rings. The predicted octanol–water partition coefficient (Wildman–Crippen LogP) is 5.22. The first-order valence-corrected chi connectivity index (χ1v) is 7.44. The van der Waals surface area contributed by atoms with Crippen molar-refractivity contribution in [3.8, 4) is 17.6 Å². The molecule has 21 heavy (non-hydrogen) atoms. The van der Waals surface area contributed by atoms with Crippen LogP contribution in [0.4, 0.5) is 0 Å². The van der Waals surface area contributed by atoms with Crippen molar-refractivity contribution in [3.05, 3.63) is 56.0 Å². The zero-order valence-corrected chi connectivity index (χ0v) is 14.1. The van der Waals surface area contributed by atoms with E-state index in [1.165, 1.54) is 7.11 Å². The van der Waals surface area contributed by atoms with Crippen LogP contribution in [0.25, 0.3) is 0 Å². The number of hydrogen-bond donors (Lipinski definition) is 0. The third-order valence-electron chi connectivity index (χ3n) is 2.75. The van der Waals surface area contributed by atoms with E-state index in [2.05, 4.69) is 22.0 Å². The maximum absolute atomic E-state index is 9.06. The lowest BCUT2D eigenvalue weighted by atomic mass is 10.1. The maximum atomic E-state index is 9.06. The Hall–Kier alpha value is -1.41. The quantitative estimate of drug-likeness (QED) is 0.677. The van der Waals surface area contributed by atoms with Crippen LogP contribution in [0.5, 0.6) is 11.5 Å². The van der Waals surface area contributed by atoms with Crippen LogP contribution in [0.3, 0.4) is 0 Å². The number of halogens is 3. The highest BCUT2D eigenvalue weighted by atomic mass is 79.9. The molecule has 0 bridgehead atoms. The fourth-order valence-electron chi connectivity index (χ4n) is 1.71. The number of rotatable bonds is 4. The van der Waals surface area contributed by atoms with Crippen LogP contribution in [0.1, 0.15) is 11.1 Å². The lowest BCUT2D eigenvalue weighted by Crippen LogP contribution is -1.98. The van der Waals surface area contributed by atoms with Gasteiger partial charge < -0.3 is 9.47 Å². The van der Waals surface area contributed by atoms with Gasteiger partial charge in [0, 0.05) is 10.5 Å². The Morgan fingerprint density at radius 1 is 1.14 bits per heavy atom. The molecule has 0 amide bonds. The van der Waals surface area contributed by atoms with Gasteiger partial charge in [-0.25, -0.2) is 0 Å². The molecule has 0 aliphatic heterocycles. The van der Waals surface area contributed by atoms with Crippen molar-refractivity contribution in [1.82, 2.24) is 0 Å². The Balaban J connectivity index is 2.17. The molecule has 0 aliphatic carbocycles. The van der Waals surface area contributed by atoms with E-state index < -0.39 is 0 Å². The topological polar surface area (TPSA) is 42.2 Å². The molecular formula is C15H10BrCl2NO2. The summed E-state index contributed by atoms with van der Waals surface area (Å²) in [5.74, 6) is 1.02. The SMILES string of the molecule is COc1ccc(COc2cc(Cl)c(Br)cc2Cl)cc1C#N. The first-order valence-electron chi connectivity index (χ1n) is 5.89. The number of hydrogen-bond acceptors (Lipinski definition) is 3. The summed E-state index contributed by atoms with van der Waals surface area (Å²) >= 11 is 15.4. The molecule has 0 aliphatic rings. The van der Waals surface area contributed by atoms with Gasteiger partial charge in [-0.2, -0.15) is 5.26 Å². The fraction of sp³-hybridized carbons (Fsp3) is 0.133. The Kier molecular flexibility index (Phi) is 5.35. The van der Waals surface area contributed by atoms with E-state index in [1.54, 1.807) is 24.3 Å². The monoisotopic (exact) mass is 385 g/mol. The van der Waals surface area contributed by atoms with Crippen molar-refractivity contribution < 1.29 is 9.47 Å². The predicted molar refractivity (Wildman–Crippen MR) is 86.2 cm³/mol. The van der Waals surface area contributed by atoms with Crippen LogP contribution >= 0.6 is 39.1 Å². The van der Waals surface area contributed by atoms with Gasteiger partial charge in [-0.3, -0.25) is 0 Å². The highest BCUT2D eigenvalue weighted by Gasteiger charge is 2.08. The van der Waals surface area contributed by atoms with Gasteiger partial charge in [-0.05, 0) is 39.7 Å². The lowest BCUT2D eigenvalue weighted by molar-refractivity contribution is 0.306. The minimum absolute atomic E-state index is 0.274. The molecule has 0 aromatic heterocycles. The molecule has 2 aromatic rings. The van der Waals surface area contributed by atoms with Crippen molar-refractivity contribution in [2.75, 3.05) is 7.11 Å². The smallest absolute Gasteiger partial charge is 0.139 e. The van der Waals surface area contributed by atoms with Gasteiger partial charge >= 0.3 is 0 Å². The van der Waals surface area contributed by atoms with E-state index in [-0.39, 0.29) is 6.61 Å². The second kappa shape index (κ2) is 7.04. The molecule has 0 N–H and O–H groups in total. The van der Waals surface area contributed by atoms with Gasteiger partial charge in [0.15, 0.2) is 0 Å². The summed E-state index contributed by atoms with van der Waals surface area (Å²) in [4.78, 5) is 0. The van der Waals surface area contributed by atoms with E-state index in [4.69, 9.17) is 37.9 Å². The molecular weight excluding hydrogens is 377 g/mol. The van der Waals surface area contributed by atoms with E-state index >= 15 is 0 Å². The average molecular weight is 387 g/mol. The van der Waals surface area contributed by atoms with Crippen molar-refractivity contribution >= 4 is 39.1 Å². The lowest BCUT2D eigenvalue weighted by Gasteiger charge is -2.10. The summed E-state index contributed by atoms with van der Waals surface area (Å²) in [5.41, 5.74) is 1.29. The molecule has 0 saturated carbocycles. The molecule has 6 heteroatoms. The van der Waals surface area contributed by atoms with Crippen LogP contribution in [0, 0.1) is 11.3 Å². The summed E-state index contributed by atoms with van der Waals surface area (Å²) in [7, 11) is 1.52. The fourth-order valence-corrected chi connectivity index (χ4v) is 2.56. The van der Waals surface area contributed by atoms with Gasteiger partial charge in [0.1, 0.15) is 24.2 Å². The standard InChI is InChI=1S/C15H10BrCl2NO2/c1-20-14-3-2-9(4-10(14)7-19)8-21-15-6-12(17)11(16)5-13(15)18/h2-6H,8H2,1H3. The summed E-state index contributed by atoms with van der Waals surface area (Å²) in [5, 5.41) is 10.0. The maximum Gasteiger partial charge on any atom is 0.139 e. The second-order valence-corrected chi connectivity index (χ2v) is 5.80. The molecule has 108 valence electrons. The van der Waals surface area contributed by atoms with Gasteiger partial charge in [-0.15, -0.1) is 0 Å². The Morgan fingerprint density at radius 3 is 2.57 bits per heavy atom. The van der Waals surface area contributed by atoms with Gasteiger partial charge in [0.05, 0.1) is 22.7 Å². The first kappa shape index (κ1) is 16.0. The van der Waals surface area contributed by atoms with E-state index in [0.717, 1.165) is 5.56 Å². The molecule has 0 spiro atoms. The van der Waals surface area contributed by atoms with Crippen LogP contribution in [0.15, 0.2) is 34.8 Å². The van der Waals surface area contributed by atoms with Gasteiger partial charge in [-0.1, -0.05) is 29.3 Å². The third-order valence-corrected chi connectivity index (χ3v) is 4.25. The van der Waals surface area contributed by atoms with E-state index in [0.29, 0.717) is 31.6 Å². The highest BCUT2D eigenvalue weighted by molar-refractivity contribution is 9.10. The zero-order chi connectivity index (χ0) is 15.4. The highest BCUT2D eigenvalue weighted by Crippen LogP contribution is 2.34. The largest absolute Gasteiger partial charge is 0.495 e. The third kappa shape index (κ3) is 3.82. The number of nitrogens with zero attached hydrogens (tertiary/aromatic N) is 1. The molecule has 0 saturated heterocycles. The Bertz CT molecular complexity index is 714. The normalized spacial score (nSPS) is 10.0. The number of benzene rings is 2. The Morgan fingerprint density at radius 2 is 1.90 bits per heavy atom. The number of ether oxygens (including phenoxy) is 2. The average Bonchev–Trinajstić information content (AvgIpc) is 2.49. The van der Waals surface area contributed by atoms with Crippen LogP contribution in [0.2, 0.25) is 10.0 Å². The van der Waals surface area contributed by atoms with Gasteiger partial charge in [0.25, 0.3) is 0 Å². The van der Waals surface area contributed by atoms with Crippen molar-refractivity contribution in [2.45, 2.75) is 6.61 Å². The summed E-state index contributed by atoms with van der Waals surface area (Å²) in [6.45, 7) is 0.274. The van der Waals surface area contributed by atoms with E-state index in [1.807, 2.05) is 6.07 Å². The Labute approximate surface area is 141 Å². The van der Waals surface area contributed by atoms with Crippen LogP contribution < -0.4 is 9.47 Å². The molecule has 3 nitrogen and oxygen atoms in total. The molecule has 2 aromatic carbocycles.